The summed E-state index contributed by atoms with van der Waals surface area (Å²) in [5.41, 5.74) is 10.5. The van der Waals surface area contributed by atoms with Crippen LogP contribution in [-0.2, 0) is 14.3 Å². The molecule has 2 unspecified atom stereocenters. The minimum Gasteiger partial charge on any atom is -0.383 e. The number of H-pyrrole nitrogens is 1. The van der Waals surface area contributed by atoms with Gasteiger partial charge in [-0.2, -0.15) is 9.61 Å². The van der Waals surface area contributed by atoms with Crippen LogP contribution in [0.5, 0.6) is 0 Å². The third-order valence-corrected chi connectivity index (χ3v) is 7.94. The standard InChI is InChI=1S/C28H32N8O4/c1-16(37)24-25(18-11-19-4-5-20(12-18)35(19)23(38)15-40-10-9-39-2)34-28-21(14-33-36(28)26(24)29)17-3-6-22(32-13-17)27-30-7-8-31-27/h3,6-8,13-14,18-20H,4-5,9-12,15,29H2,1-2H3,(H,30,31). The van der Waals surface area contributed by atoms with E-state index in [0.717, 1.165) is 29.7 Å². The van der Waals surface area contributed by atoms with Crippen molar-refractivity contribution in [2.45, 2.75) is 50.6 Å². The number of anilines is 1. The molecule has 0 aliphatic carbocycles. The predicted octanol–water partition coefficient (Wildman–Crippen LogP) is 2.87. The molecule has 6 heterocycles. The number of ketones is 1. The quantitative estimate of drug-likeness (QED) is 0.239. The Labute approximate surface area is 230 Å². The summed E-state index contributed by atoms with van der Waals surface area (Å²) in [6.45, 7) is 2.39. The van der Waals surface area contributed by atoms with Crippen molar-refractivity contribution in [2.24, 2.45) is 0 Å². The van der Waals surface area contributed by atoms with Crippen LogP contribution in [0.4, 0.5) is 5.82 Å². The zero-order valence-electron chi connectivity index (χ0n) is 22.5. The maximum atomic E-state index is 13.0. The van der Waals surface area contributed by atoms with E-state index in [0.29, 0.717) is 48.8 Å². The van der Waals surface area contributed by atoms with Crippen molar-refractivity contribution in [1.29, 1.82) is 0 Å². The lowest BCUT2D eigenvalue weighted by atomic mass is 9.85. The van der Waals surface area contributed by atoms with E-state index in [1.54, 1.807) is 31.9 Å². The molecule has 2 aliphatic heterocycles. The van der Waals surface area contributed by atoms with Crippen LogP contribution in [0.15, 0.2) is 36.9 Å². The van der Waals surface area contributed by atoms with E-state index >= 15 is 0 Å². The molecule has 0 spiro atoms. The van der Waals surface area contributed by atoms with Gasteiger partial charge in [0, 0.05) is 54.8 Å². The number of carbonyl (C=O) groups excluding carboxylic acids is 2. The molecular formula is C28H32N8O4. The van der Waals surface area contributed by atoms with Gasteiger partial charge in [0.15, 0.2) is 17.3 Å². The number of aromatic nitrogens is 6. The Bertz CT molecular complexity index is 1520. The smallest absolute Gasteiger partial charge is 0.249 e. The van der Waals surface area contributed by atoms with Crippen molar-refractivity contribution >= 4 is 23.2 Å². The molecule has 2 fully saturated rings. The van der Waals surface area contributed by atoms with Crippen LogP contribution in [-0.4, -0.2) is 85.2 Å². The van der Waals surface area contributed by atoms with E-state index < -0.39 is 0 Å². The highest BCUT2D eigenvalue weighted by molar-refractivity contribution is 6.00. The van der Waals surface area contributed by atoms with Crippen LogP contribution in [0, 0.1) is 0 Å². The van der Waals surface area contributed by atoms with Gasteiger partial charge in [-0.05, 0) is 38.7 Å². The number of piperidine rings is 1. The molecule has 0 saturated carbocycles. The van der Waals surface area contributed by atoms with Crippen molar-refractivity contribution in [3.8, 4) is 22.6 Å². The third-order valence-electron chi connectivity index (χ3n) is 7.94. The highest BCUT2D eigenvalue weighted by atomic mass is 16.5. The second kappa shape index (κ2) is 10.8. The van der Waals surface area contributed by atoms with E-state index in [1.807, 2.05) is 17.0 Å². The number of hydrogen-bond donors (Lipinski definition) is 2. The summed E-state index contributed by atoms with van der Waals surface area (Å²) in [7, 11) is 1.60. The first-order valence-electron chi connectivity index (χ1n) is 13.5. The molecule has 2 aliphatic rings. The van der Waals surface area contributed by atoms with Crippen LogP contribution < -0.4 is 5.73 Å². The topological polar surface area (TPSA) is 154 Å². The zero-order valence-corrected chi connectivity index (χ0v) is 22.5. The van der Waals surface area contributed by atoms with Crippen molar-refractivity contribution in [2.75, 3.05) is 32.7 Å². The average Bonchev–Trinajstić information content (AvgIpc) is 3.69. The molecule has 1 amide bonds. The summed E-state index contributed by atoms with van der Waals surface area (Å²) in [6, 6.07) is 3.97. The van der Waals surface area contributed by atoms with Gasteiger partial charge in [0.2, 0.25) is 5.91 Å². The van der Waals surface area contributed by atoms with Gasteiger partial charge in [-0.15, -0.1) is 0 Å². The minimum atomic E-state index is -0.152. The number of aromatic amines is 1. The fraction of sp³-hybridized carbons (Fsp3) is 0.429. The maximum Gasteiger partial charge on any atom is 0.249 e. The molecule has 40 heavy (non-hydrogen) atoms. The minimum absolute atomic E-state index is 0.000316. The molecule has 2 atom stereocenters. The summed E-state index contributed by atoms with van der Waals surface area (Å²) in [5.74, 6) is 0.796. The number of nitrogens with two attached hydrogens (primary N) is 1. The number of nitrogens with zero attached hydrogens (tertiary/aromatic N) is 6. The van der Waals surface area contributed by atoms with E-state index in [1.165, 1.54) is 11.4 Å². The van der Waals surface area contributed by atoms with Crippen LogP contribution in [0.2, 0.25) is 0 Å². The lowest BCUT2D eigenvalue weighted by Gasteiger charge is -2.39. The first-order chi connectivity index (χ1) is 19.5. The summed E-state index contributed by atoms with van der Waals surface area (Å²) in [6.07, 6.45) is 10.2. The number of ether oxygens (including phenoxy) is 2. The molecule has 12 nitrogen and oxygen atoms in total. The Kier molecular flexibility index (Phi) is 7.03. The largest absolute Gasteiger partial charge is 0.383 e. The second-order valence-electron chi connectivity index (χ2n) is 10.4. The number of Topliss-reactive ketones (excluding diaryl/α,β-unsaturated/α-hetero) is 1. The Hall–Kier alpha value is -4.16. The molecule has 0 aromatic carbocycles. The number of methoxy groups -OCH3 is 1. The average molecular weight is 545 g/mol. The van der Waals surface area contributed by atoms with Crippen molar-refractivity contribution in [3.63, 3.8) is 0 Å². The van der Waals surface area contributed by atoms with E-state index in [9.17, 15) is 9.59 Å². The third kappa shape index (κ3) is 4.62. The van der Waals surface area contributed by atoms with E-state index in [2.05, 4.69) is 20.1 Å². The van der Waals surface area contributed by atoms with Gasteiger partial charge in [0.1, 0.15) is 18.1 Å². The van der Waals surface area contributed by atoms with Gasteiger partial charge < -0.3 is 25.1 Å². The molecule has 3 N–H and O–H groups in total. The normalized spacial score (nSPS) is 20.4. The summed E-state index contributed by atoms with van der Waals surface area (Å²) in [5, 5.41) is 4.47. The molecule has 4 aromatic heterocycles. The number of imidazole rings is 1. The van der Waals surface area contributed by atoms with Crippen LogP contribution in [0.25, 0.3) is 28.3 Å². The Morgan fingerprint density at radius 3 is 2.58 bits per heavy atom. The van der Waals surface area contributed by atoms with Crippen molar-refractivity contribution < 1.29 is 19.1 Å². The zero-order chi connectivity index (χ0) is 27.8. The Morgan fingerprint density at radius 2 is 1.93 bits per heavy atom. The molecule has 2 bridgehead atoms. The van der Waals surface area contributed by atoms with Gasteiger partial charge in [-0.25, -0.2) is 9.97 Å². The second-order valence-corrected chi connectivity index (χ2v) is 10.4. The lowest BCUT2D eigenvalue weighted by Crippen LogP contribution is -2.47. The molecule has 6 rings (SSSR count). The highest BCUT2D eigenvalue weighted by Crippen LogP contribution is 2.44. The van der Waals surface area contributed by atoms with Gasteiger partial charge in [-0.3, -0.25) is 14.6 Å². The van der Waals surface area contributed by atoms with Gasteiger partial charge in [0.05, 0.1) is 30.7 Å². The number of fused-ring (bicyclic) bond motifs is 3. The van der Waals surface area contributed by atoms with Crippen LogP contribution >= 0.6 is 0 Å². The van der Waals surface area contributed by atoms with Gasteiger partial charge >= 0.3 is 0 Å². The summed E-state index contributed by atoms with van der Waals surface area (Å²) >= 11 is 0. The number of hydrogen-bond acceptors (Lipinski definition) is 9. The molecule has 2 saturated heterocycles. The molecule has 0 radical (unpaired) electrons. The van der Waals surface area contributed by atoms with Crippen molar-refractivity contribution in [1.82, 2.24) is 34.4 Å². The first kappa shape index (κ1) is 26.1. The SMILES string of the molecule is COCCOCC(=O)N1C2CCC1CC(c1nc3c(-c4ccc(-c5ncc[nH]5)nc4)cnn3c(N)c1C(C)=O)C2. The maximum absolute atomic E-state index is 13.0. The van der Waals surface area contributed by atoms with E-state index in [4.69, 9.17) is 20.2 Å². The monoisotopic (exact) mass is 544 g/mol. The predicted molar refractivity (Wildman–Crippen MR) is 147 cm³/mol. The number of nitrogen functional groups attached to an aromatic ring is 1. The first-order valence-corrected chi connectivity index (χ1v) is 13.5. The van der Waals surface area contributed by atoms with E-state index in [-0.39, 0.29) is 42.1 Å². The molecule has 208 valence electrons. The number of nitrogens with one attached hydrogen (secondary N) is 1. The van der Waals surface area contributed by atoms with Crippen LogP contribution in [0.3, 0.4) is 0 Å². The lowest BCUT2D eigenvalue weighted by molar-refractivity contribution is -0.141. The molecular weight excluding hydrogens is 512 g/mol. The van der Waals surface area contributed by atoms with Crippen molar-refractivity contribution in [3.05, 3.63) is 48.2 Å². The summed E-state index contributed by atoms with van der Waals surface area (Å²) < 4.78 is 12.0. The molecule has 12 heteroatoms. The Balaban J connectivity index is 1.31. The molecule has 4 aromatic rings. The van der Waals surface area contributed by atoms with Gasteiger partial charge in [0.25, 0.3) is 0 Å². The number of pyridine rings is 1. The number of carbonyl (C=O) groups is 2. The Morgan fingerprint density at radius 1 is 1.12 bits per heavy atom. The fourth-order valence-corrected chi connectivity index (χ4v) is 6.18. The number of rotatable bonds is 9. The van der Waals surface area contributed by atoms with Gasteiger partial charge in [-0.1, -0.05) is 6.07 Å². The number of amides is 1. The highest BCUT2D eigenvalue weighted by Gasteiger charge is 2.44. The fourth-order valence-electron chi connectivity index (χ4n) is 6.18. The van der Waals surface area contributed by atoms with Crippen LogP contribution in [0.1, 0.15) is 54.6 Å². The summed E-state index contributed by atoms with van der Waals surface area (Å²) in [4.78, 5) is 44.7.